The first-order chi connectivity index (χ1) is 10.0. The SMILES string of the molecule is CCS(=O)(=O)n1cc(-c2ccc(CC#N)c(OC)c2)cn1. The number of ether oxygens (including phenoxy) is 1. The third-order valence-corrected chi connectivity index (χ3v) is 4.60. The first-order valence-electron chi connectivity index (χ1n) is 6.34. The van der Waals surface area contributed by atoms with Crippen molar-refractivity contribution in [1.29, 1.82) is 5.26 Å². The van der Waals surface area contributed by atoms with Crippen molar-refractivity contribution in [3.8, 4) is 22.9 Å². The molecular formula is C14H15N3O3S. The van der Waals surface area contributed by atoms with Crippen molar-refractivity contribution in [2.45, 2.75) is 13.3 Å². The molecule has 21 heavy (non-hydrogen) atoms. The number of rotatable bonds is 5. The van der Waals surface area contributed by atoms with Crippen molar-refractivity contribution in [3.05, 3.63) is 36.2 Å². The van der Waals surface area contributed by atoms with E-state index in [1.165, 1.54) is 19.5 Å². The molecule has 0 unspecified atom stereocenters. The predicted octanol–water partition coefficient (Wildman–Crippen LogP) is 1.82. The number of methoxy groups -OCH3 is 1. The lowest BCUT2D eigenvalue weighted by atomic mass is 10.0. The van der Waals surface area contributed by atoms with Gasteiger partial charge in [-0.1, -0.05) is 12.1 Å². The van der Waals surface area contributed by atoms with Crippen LogP contribution in [0.25, 0.3) is 11.1 Å². The minimum absolute atomic E-state index is 0.0153. The molecule has 0 amide bonds. The standard InChI is InChI=1S/C14H15N3O3S/c1-3-21(18,19)17-10-13(9-16-17)12-5-4-11(6-7-15)14(8-12)20-2/h4-5,8-10H,3,6H2,1-2H3. The summed E-state index contributed by atoms with van der Waals surface area (Å²) in [6.45, 7) is 1.57. The Morgan fingerprint density at radius 1 is 1.38 bits per heavy atom. The highest BCUT2D eigenvalue weighted by Crippen LogP contribution is 2.27. The minimum atomic E-state index is -3.39. The van der Waals surface area contributed by atoms with Gasteiger partial charge in [-0.15, -0.1) is 0 Å². The molecule has 0 atom stereocenters. The molecule has 110 valence electrons. The predicted molar refractivity (Wildman–Crippen MR) is 78.4 cm³/mol. The molecule has 0 saturated carbocycles. The lowest BCUT2D eigenvalue weighted by Crippen LogP contribution is -2.14. The fourth-order valence-corrected chi connectivity index (χ4v) is 2.62. The average Bonchev–Trinajstić information content (AvgIpc) is 2.98. The molecule has 0 aliphatic rings. The molecule has 0 aliphatic heterocycles. The second-order valence-corrected chi connectivity index (χ2v) is 6.48. The van der Waals surface area contributed by atoms with Gasteiger partial charge in [-0.05, 0) is 18.6 Å². The van der Waals surface area contributed by atoms with Gasteiger partial charge in [-0.2, -0.15) is 14.4 Å². The third-order valence-electron chi connectivity index (χ3n) is 3.10. The molecule has 1 aromatic carbocycles. The fraction of sp³-hybridized carbons (Fsp3) is 0.286. The highest BCUT2D eigenvalue weighted by atomic mass is 32.2. The van der Waals surface area contributed by atoms with Crippen molar-refractivity contribution in [2.75, 3.05) is 12.9 Å². The lowest BCUT2D eigenvalue weighted by Gasteiger charge is -2.07. The molecule has 0 aliphatic carbocycles. The van der Waals surface area contributed by atoms with Crippen LogP contribution in [0, 0.1) is 11.3 Å². The van der Waals surface area contributed by atoms with Crippen LogP contribution in [-0.2, 0) is 16.4 Å². The Hall–Kier alpha value is -2.33. The first-order valence-corrected chi connectivity index (χ1v) is 7.95. The third kappa shape index (κ3) is 3.06. The number of hydrogen-bond donors (Lipinski definition) is 0. The van der Waals surface area contributed by atoms with Crippen LogP contribution in [0.4, 0.5) is 0 Å². The Morgan fingerprint density at radius 2 is 2.14 bits per heavy atom. The van der Waals surface area contributed by atoms with E-state index in [-0.39, 0.29) is 12.2 Å². The number of benzene rings is 1. The number of aromatic nitrogens is 2. The van der Waals surface area contributed by atoms with Gasteiger partial charge in [0.25, 0.3) is 10.0 Å². The van der Waals surface area contributed by atoms with Gasteiger partial charge in [0, 0.05) is 11.1 Å². The van der Waals surface area contributed by atoms with E-state index in [2.05, 4.69) is 11.2 Å². The van der Waals surface area contributed by atoms with Crippen LogP contribution in [0.2, 0.25) is 0 Å². The Labute approximate surface area is 123 Å². The van der Waals surface area contributed by atoms with Crippen molar-refractivity contribution >= 4 is 10.0 Å². The molecule has 0 fully saturated rings. The van der Waals surface area contributed by atoms with E-state index in [0.29, 0.717) is 11.3 Å². The second-order valence-electron chi connectivity index (χ2n) is 4.36. The molecule has 7 heteroatoms. The highest BCUT2D eigenvalue weighted by Gasteiger charge is 2.13. The van der Waals surface area contributed by atoms with Crippen molar-refractivity contribution < 1.29 is 13.2 Å². The second kappa shape index (κ2) is 5.97. The normalized spacial score (nSPS) is 11.1. The zero-order valence-electron chi connectivity index (χ0n) is 11.8. The van der Waals surface area contributed by atoms with Gasteiger partial charge >= 0.3 is 0 Å². The maximum Gasteiger partial charge on any atom is 0.253 e. The van der Waals surface area contributed by atoms with Gasteiger partial charge in [-0.3, -0.25) is 0 Å². The molecule has 6 nitrogen and oxygen atoms in total. The van der Waals surface area contributed by atoms with Gasteiger partial charge in [0.1, 0.15) is 5.75 Å². The summed E-state index contributed by atoms with van der Waals surface area (Å²) in [5.74, 6) is 0.582. The van der Waals surface area contributed by atoms with Gasteiger partial charge in [-0.25, -0.2) is 8.42 Å². The van der Waals surface area contributed by atoms with E-state index in [1.807, 2.05) is 6.07 Å². The van der Waals surface area contributed by atoms with E-state index < -0.39 is 10.0 Å². The summed E-state index contributed by atoms with van der Waals surface area (Å²) in [7, 11) is -1.85. The molecule has 2 rings (SSSR count). The summed E-state index contributed by atoms with van der Waals surface area (Å²) < 4.78 is 29.7. The summed E-state index contributed by atoms with van der Waals surface area (Å²) in [5.41, 5.74) is 2.25. The Balaban J connectivity index is 2.42. The van der Waals surface area contributed by atoms with Gasteiger partial charge in [0.05, 0.1) is 37.7 Å². The smallest absolute Gasteiger partial charge is 0.253 e. The molecule has 0 bridgehead atoms. The van der Waals surface area contributed by atoms with Crippen molar-refractivity contribution in [2.24, 2.45) is 0 Å². The maximum absolute atomic E-state index is 11.7. The van der Waals surface area contributed by atoms with Crippen molar-refractivity contribution in [3.63, 3.8) is 0 Å². The molecule has 1 heterocycles. The summed E-state index contributed by atoms with van der Waals surface area (Å²) in [5, 5.41) is 12.6. The maximum atomic E-state index is 11.7. The Bertz CT molecular complexity index is 788. The Morgan fingerprint density at radius 3 is 2.76 bits per heavy atom. The van der Waals surface area contributed by atoms with Crippen LogP contribution in [0.1, 0.15) is 12.5 Å². The zero-order chi connectivity index (χ0) is 15.5. The monoisotopic (exact) mass is 305 g/mol. The molecule has 0 radical (unpaired) electrons. The topological polar surface area (TPSA) is 85.0 Å². The Kier molecular flexibility index (Phi) is 4.29. The number of hydrogen-bond acceptors (Lipinski definition) is 5. The molecular weight excluding hydrogens is 290 g/mol. The fourth-order valence-electron chi connectivity index (χ4n) is 1.89. The van der Waals surface area contributed by atoms with Gasteiger partial charge in [0.15, 0.2) is 0 Å². The van der Waals surface area contributed by atoms with Gasteiger partial charge < -0.3 is 4.74 Å². The van der Waals surface area contributed by atoms with E-state index in [9.17, 15) is 8.42 Å². The van der Waals surface area contributed by atoms with Crippen LogP contribution in [0.3, 0.4) is 0 Å². The van der Waals surface area contributed by atoms with E-state index in [0.717, 1.165) is 15.2 Å². The number of nitrogens with zero attached hydrogens (tertiary/aromatic N) is 3. The minimum Gasteiger partial charge on any atom is -0.496 e. The van der Waals surface area contributed by atoms with Crippen LogP contribution in [0.5, 0.6) is 5.75 Å². The first kappa shape index (κ1) is 15.1. The van der Waals surface area contributed by atoms with E-state index in [4.69, 9.17) is 10.00 Å². The number of nitriles is 1. The van der Waals surface area contributed by atoms with Gasteiger partial charge in [0.2, 0.25) is 0 Å². The molecule has 1 aromatic heterocycles. The summed E-state index contributed by atoms with van der Waals surface area (Å²) in [6, 6.07) is 7.45. The quantitative estimate of drug-likeness (QED) is 0.841. The van der Waals surface area contributed by atoms with E-state index >= 15 is 0 Å². The largest absolute Gasteiger partial charge is 0.496 e. The van der Waals surface area contributed by atoms with Crippen LogP contribution in [0.15, 0.2) is 30.6 Å². The average molecular weight is 305 g/mol. The molecule has 2 aromatic rings. The van der Waals surface area contributed by atoms with Crippen LogP contribution < -0.4 is 4.74 Å². The highest BCUT2D eigenvalue weighted by molar-refractivity contribution is 7.89. The zero-order valence-corrected chi connectivity index (χ0v) is 12.6. The summed E-state index contributed by atoms with van der Waals surface area (Å²) in [6.07, 6.45) is 3.22. The molecule has 0 N–H and O–H groups in total. The summed E-state index contributed by atoms with van der Waals surface area (Å²) in [4.78, 5) is 0. The molecule has 0 spiro atoms. The van der Waals surface area contributed by atoms with Crippen molar-refractivity contribution in [1.82, 2.24) is 9.19 Å². The van der Waals surface area contributed by atoms with Crippen LogP contribution >= 0.6 is 0 Å². The molecule has 0 saturated heterocycles. The van der Waals surface area contributed by atoms with Crippen LogP contribution in [-0.4, -0.2) is 30.5 Å². The lowest BCUT2D eigenvalue weighted by molar-refractivity contribution is 0.411. The summed E-state index contributed by atoms with van der Waals surface area (Å²) >= 11 is 0. The van der Waals surface area contributed by atoms with E-state index in [1.54, 1.807) is 19.1 Å².